The molecule has 1 aromatic rings. The van der Waals surface area contributed by atoms with Crippen LogP contribution in [0.25, 0.3) is 0 Å². The van der Waals surface area contributed by atoms with Crippen LogP contribution in [0, 0.1) is 0 Å². The van der Waals surface area contributed by atoms with Crippen molar-refractivity contribution in [2.75, 3.05) is 20.1 Å². The number of hydrogen-bond donors (Lipinski definition) is 1. The average Bonchev–Trinajstić information content (AvgIpc) is 3.31. The highest BCUT2D eigenvalue weighted by Gasteiger charge is 2.29. The highest BCUT2D eigenvalue weighted by molar-refractivity contribution is 5.92. The van der Waals surface area contributed by atoms with Crippen molar-refractivity contribution < 1.29 is 4.79 Å². The first-order chi connectivity index (χ1) is 9.28. The first-order valence-corrected chi connectivity index (χ1v) is 7.07. The number of carbonyl (C=O) groups is 1. The molecule has 1 N–H and O–H groups in total. The maximum absolute atomic E-state index is 12.5. The van der Waals surface area contributed by atoms with E-state index in [1.807, 2.05) is 11.9 Å². The topological polar surface area (TPSA) is 58.1 Å². The number of aromatic nitrogens is 2. The maximum Gasteiger partial charge on any atom is 0.272 e. The van der Waals surface area contributed by atoms with E-state index < -0.39 is 0 Å². The minimum Gasteiger partial charge on any atom is -0.336 e. The summed E-state index contributed by atoms with van der Waals surface area (Å²) in [7, 11) is 1.95. The van der Waals surface area contributed by atoms with Gasteiger partial charge in [0.1, 0.15) is 11.5 Å². The fourth-order valence-electron chi connectivity index (χ4n) is 2.59. The van der Waals surface area contributed by atoms with E-state index in [0.717, 1.165) is 44.6 Å². The Morgan fingerprint density at radius 2 is 2.26 bits per heavy atom. The summed E-state index contributed by atoms with van der Waals surface area (Å²) in [5.41, 5.74) is 0.550. The number of hydrogen-bond acceptors (Lipinski definition) is 4. The monoisotopic (exact) mass is 260 g/mol. The molecular weight excluding hydrogens is 240 g/mol. The number of piperidine rings is 1. The zero-order valence-corrected chi connectivity index (χ0v) is 11.3. The minimum absolute atomic E-state index is 0.0456. The molecule has 2 heterocycles. The second-order valence-electron chi connectivity index (χ2n) is 5.45. The number of carbonyl (C=O) groups excluding carboxylic acids is 1. The summed E-state index contributed by atoms with van der Waals surface area (Å²) < 4.78 is 0. The van der Waals surface area contributed by atoms with Crippen LogP contribution in [0.1, 0.15) is 47.9 Å². The van der Waals surface area contributed by atoms with Crippen molar-refractivity contribution in [3.05, 3.63) is 23.8 Å². The number of likely N-dealkylation sites (N-methyl/N-ethyl adjacent to an activating group) is 1. The van der Waals surface area contributed by atoms with Crippen molar-refractivity contribution in [2.24, 2.45) is 0 Å². The predicted octanol–water partition coefficient (Wildman–Crippen LogP) is 1.18. The second kappa shape index (κ2) is 5.25. The molecule has 2 aliphatic rings. The van der Waals surface area contributed by atoms with Crippen LogP contribution >= 0.6 is 0 Å². The molecule has 3 rings (SSSR count). The lowest BCUT2D eigenvalue weighted by Gasteiger charge is -2.32. The molecule has 1 amide bonds. The fraction of sp³-hybridized carbons (Fsp3) is 0.643. The zero-order chi connectivity index (χ0) is 13.2. The van der Waals surface area contributed by atoms with Crippen molar-refractivity contribution in [3.63, 3.8) is 0 Å². The lowest BCUT2D eigenvalue weighted by Crippen LogP contribution is -2.47. The van der Waals surface area contributed by atoms with Gasteiger partial charge in [-0.1, -0.05) is 0 Å². The van der Waals surface area contributed by atoms with Gasteiger partial charge in [-0.3, -0.25) is 4.79 Å². The van der Waals surface area contributed by atoms with E-state index in [4.69, 9.17) is 0 Å². The average molecular weight is 260 g/mol. The van der Waals surface area contributed by atoms with Crippen LogP contribution in [-0.4, -0.2) is 47.0 Å². The van der Waals surface area contributed by atoms with Crippen LogP contribution in [0.5, 0.6) is 0 Å². The van der Waals surface area contributed by atoms with E-state index in [1.165, 1.54) is 0 Å². The van der Waals surface area contributed by atoms with Crippen LogP contribution in [0.2, 0.25) is 0 Å². The largest absolute Gasteiger partial charge is 0.336 e. The van der Waals surface area contributed by atoms with Gasteiger partial charge in [0.2, 0.25) is 0 Å². The molecule has 19 heavy (non-hydrogen) atoms. The van der Waals surface area contributed by atoms with Gasteiger partial charge in [0.25, 0.3) is 5.91 Å². The quantitative estimate of drug-likeness (QED) is 0.886. The number of nitrogens with zero attached hydrogens (tertiary/aromatic N) is 3. The molecule has 1 saturated heterocycles. The highest BCUT2D eigenvalue weighted by atomic mass is 16.2. The minimum atomic E-state index is 0.0456. The Kier molecular flexibility index (Phi) is 3.46. The molecule has 5 nitrogen and oxygen atoms in total. The van der Waals surface area contributed by atoms with Gasteiger partial charge in [-0.15, -0.1) is 0 Å². The van der Waals surface area contributed by atoms with Gasteiger partial charge in [-0.2, -0.15) is 0 Å². The summed E-state index contributed by atoms with van der Waals surface area (Å²) in [5, 5.41) is 3.25. The van der Waals surface area contributed by atoms with Gasteiger partial charge in [-0.05, 0) is 38.8 Å². The number of nitrogens with one attached hydrogen (secondary N) is 1. The first kappa shape index (κ1) is 12.5. The van der Waals surface area contributed by atoms with Gasteiger partial charge in [0, 0.05) is 31.2 Å². The molecular formula is C14H20N4O. The lowest BCUT2D eigenvalue weighted by molar-refractivity contribution is 0.0691. The van der Waals surface area contributed by atoms with Crippen LogP contribution in [0.15, 0.2) is 12.3 Å². The third-order valence-electron chi connectivity index (χ3n) is 3.95. The molecule has 102 valence electrons. The third-order valence-corrected chi connectivity index (χ3v) is 3.95. The standard InChI is InChI=1S/C14H20N4O/c1-15-11-3-2-8-18(9-11)14(19)12-6-7-16-13(17-12)10-4-5-10/h6-7,10-11,15H,2-5,8-9H2,1H3/t11-/m1/s1. The molecule has 0 aromatic carbocycles. The van der Waals surface area contributed by atoms with Gasteiger partial charge in [0.15, 0.2) is 0 Å². The maximum atomic E-state index is 12.5. The summed E-state index contributed by atoms with van der Waals surface area (Å²) in [6.07, 6.45) is 6.22. The first-order valence-electron chi connectivity index (χ1n) is 7.07. The number of likely N-dealkylation sites (tertiary alicyclic amines) is 1. The van der Waals surface area contributed by atoms with Crippen LogP contribution in [0.3, 0.4) is 0 Å². The van der Waals surface area contributed by atoms with Crippen LogP contribution in [-0.2, 0) is 0 Å². The van der Waals surface area contributed by atoms with Gasteiger partial charge in [0.05, 0.1) is 0 Å². The molecule has 1 aliphatic carbocycles. The fourth-order valence-corrected chi connectivity index (χ4v) is 2.59. The van der Waals surface area contributed by atoms with Crippen LogP contribution < -0.4 is 5.32 Å². The van der Waals surface area contributed by atoms with E-state index >= 15 is 0 Å². The molecule has 1 aliphatic heterocycles. The van der Waals surface area contributed by atoms with Crippen molar-refractivity contribution in [1.29, 1.82) is 0 Å². The molecule has 0 unspecified atom stereocenters. The zero-order valence-electron chi connectivity index (χ0n) is 11.3. The van der Waals surface area contributed by atoms with Gasteiger partial charge >= 0.3 is 0 Å². The van der Waals surface area contributed by atoms with Crippen molar-refractivity contribution in [1.82, 2.24) is 20.2 Å². The van der Waals surface area contributed by atoms with Crippen molar-refractivity contribution >= 4 is 5.91 Å². The Labute approximate surface area is 113 Å². The van der Waals surface area contributed by atoms with Crippen LogP contribution in [0.4, 0.5) is 0 Å². The molecule has 1 atom stereocenters. The molecule has 0 spiro atoms. The van der Waals surface area contributed by atoms with E-state index in [-0.39, 0.29) is 5.91 Å². The Morgan fingerprint density at radius 3 is 3.00 bits per heavy atom. The lowest BCUT2D eigenvalue weighted by atomic mass is 10.1. The Hall–Kier alpha value is -1.49. The Morgan fingerprint density at radius 1 is 1.42 bits per heavy atom. The molecule has 1 saturated carbocycles. The highest BCUT2D eigenvalue weighted by Crippen LogP contribution is 2.37. The summed E-state index contributed by atoms with van der Waals surface area (Å²) in [6.45, 7) is 1.61. The molecule has 1 aromatic heterocycles. The summed E-state index contributed by atoms with van der Waals surface area (Å²) >= 11 is 0. The molecule has 5 heteroatoms. The van der Waals surface area contributed by atoms with Crippen molar-refractivity contribution in [3.8, 4) is 0 Å². The SMILES string of the molecule is CN[C@@H]1CCCN(C(=O)c2ccnc(C3CC3)n2)C1. The summed E-state index contributed by atoms with van der Waals surface area (Å²) in [6, 6.07) is 2.14. The number of amides is 1. The second-order valence-corrected chi connectivity index (χ2v) is 5.45. The molecule has 2 fully saturated rings. The van der Waals surface area contributed by atoms with Gasteiger partial charge in [-0.25, -0.2) is 9.97 Å². The van der Waals surface area contributed by atoms with E-state index in [9.17, 15) is 4.79 Å². The Balaban J connectivity index is 1.73. The third kappa shape index (κ3) is 2.76. The van der Waals surface area contributed by atoms with E-state index in [0.29, 0.717) is 17.7 Å². The molecule has 0 bridgehead atoms. The summed E-state index contributed by atoms with van der Waals surface area (Å²) in [5.74, 6) is 1.37. The van der Waals surface area contributed by atoms with Gasteiger partial charge < -0.3 is 10.2 Å². The smallest absolute Gasteiger partial charge is 0.272 e. The van der Waals surface area contributed by atoms with E-state index in [2.05, 4.69) is 15.3 Å². The predicted molar refractivity (Wildman–Crippen MR) is 72.0 cm³/mol. The number of rotatable bonds is 3. The van der Waals surface area contributed by atoms with Crippen molar-refractivity contribution in [2.45, 2.75) is 37.6 Å². The van der Waals surface area contributed by atoms with E-state index in [1.54, 1.807) is 12.3 Å². The molecule has 0 radical (unpaired) electrons. The normalized spacial score (nSPS) is 23.4. The Bertz CT molecular complexity index is 472. The summed E-state index contributed by atoms with van der Waals surface area (Å²) in [4.78, 5) is 23.1.